The van der Waals surface area contributed by atoms with Gasteiger partial charge in [0.2, 0.25) is 5.91 Å². The predicted octanol–water partition coefficient (Wildman–Crippen LogP) is 4.04. The van der Waals surface area contributed by atoms with Crippen LogP contribution < -0.4 is 10.2 Å². The summed E-state index contributed by atoms with van der Waals surface area (Å²) >= 11 is 5.85. The van der Waals surface area contributed by atoms with Crippen molar-refractivity contribution in [2.24, 2.45) is 0 Å². The lowest BCUT2D eigenvalue weighted by Gasteiger charge is -2.31. The summed E-state index contributed by atoms with van der Waals surface area (Å²) in [6.07, 6.45) is 2.18. The molecule has 3 rings (SSSR count). The molecule has 0 fully saturated rings. The average molecular weight is 315 g/mol. The normalized spacial score (nSPS) is 13.6. The number of nitrogens with one attached hydrogen (secondary N) is 1. The molecule has 114 valence electrons. The van der Waals surface area contributed by atoms with E-state index in [1.165, 1.54) is 16.8 Å². The first-order valence-corrected chi connectivity index (χ1v) is 7.89. The second-order valence-electron chi connectivity index (χ2n) is 5.71. The predicted molar refractivity (Wildman–Crippen MR) is 91.8 cm³/mol. The van der Waals surface area contributed by atoms with E-state index in [2.05, 4.69) is 35.3 Å². The molecule has 1 amide bonds. The summed E-state index contributed by atoms with van der Waals surface area (Å²) in [4.78, 5) is 14.4. The first kappa shape index (κ1) is 14.9. The maximum Gasteiger partial charge on any atom is 0.243 e. The molecule has 4 heteroatoms. The molecule has 0 spiro atoms. The van der Waals surface area contributed by atoms with Gasteiger partial charge < -0.3 is 10.2 Å². The molecule has 0 aromatic heterocycles. The molecule has 0 unspecified atom stereocenters. The van der Waals surface area contributed by atoms with Crippen LogP contribution in [0.15, 0.2) is 42.5 Å². The van der Waals surface area contributed by atoms with Gasteiger partial charge >= 0.3 is 0 Å². The molecule has 1 N–H and O–H groups in total. The molecule has 1 aliphatic heterocycles. The van der Waals surface area contributed by atoms with Gasteiger partial charge in [-0.05, 0) is 55.7 Å². The largest absolute Gasteiger partial charge is 0.362 e. The highest BCUT2D eigenvalue weighted by molar-refractivity contribution is 6.30. The zero-order chi connectivity index (χ0) is 15.5. The summed E-state index contributed by atoms with van der Waals surface area (Å²) < 4.78 is 0. The summed E-state index contributed by atoms with van der Waals surface area (Å²) in [5, 5.41) is 3.58. The molecule has 1 aliphatic rings. The zero-order valence-electron chi connectivity index (χ0n) is 12.6. The van der Waals surface area contributed by atoms with Crippen LogP contribution in [0.2, 0.25) is 5.02 Å². The van der Waals surface area contributed by atoms with Gasteiger partial charge in [0.25, 0.3) is 0 Å². The van der Waals surface area contributed by atoms with Gasteiger partial charge in [-0.15, -0.1) is 0 Å². The second kappa shape index (κ2) is 6.41. The fraction of sp³-hybridized carbons (Fsp3) is 0.278. The van der Waals surface area contributed by atoms with Crippen LogP contribution in [0.1, 0.15) is 17.5 Å². The minimum atomic E-state index is -0.00394. The number of hydrogen-bond acceptors (Lipinski definition) is 2. The molecule has 0 bridgehead atoms. The lowest BCUT2D eigenvalue weighted by Crippen LogP contribution is -2.36. The smallest absolute Gasteiger partial charge is 0.243 e. The fourth-order valence-corrected chi connectivity index (χ4v) is 3.00. The molecule has 0 saturated heterocycles. The van der Waals surface area contributed by atoms with E-state index in [9.17, 15) is 4.79 Å². The van der Waals surface area contributed by atoms with Gasteiger partial charge in [0.1, 0.15) is 0 Å². The summed E-state index contributed by atoms with van der Waals surface area (Å²) in [6.45, 7) is 3.40. The molecule has 3 nitrogen and oxygen atoms in total. The minimum Gasteiger partial charge on any atom is -0.362 e. The van der Waals surface area contributed by atoms with E-state index < -0.39 is 0 Å². The fourth-order valence-electron chi connectivity index (χ4n) is 2.88. The lowest BCUT2D eigenvalue weighted by molar-refractivity contribution is -0.115. The van der Waals surface area contributed by atoms with Crippen molar-refractivity contribution in [3.8, 4) is 0 Å². The van der Waals surface area contributed by atoms with E-state index in [0.717, 1.165) is 25.1 Å². The highest BCUT2D eigenvalue weighted by atomic mass is 35.5. The van der Waals surface area contributed by atoms with Gasteiger partial charge in [-0.25, -0.2) is 0 Å². The second-order valence-corrected chi connectivity index (χ2v) is 6.15. The summed E-state index contributed by atoms with van der Waals surface area (Å²) in [5.74, 6) is -0.00394. The number of anilines is 2. The molecule has 2 aromatic carbocycles. The van der Waals surface area contributed by atoms with Crippen LogP contribution in [-0.4, -0.2) is 19.0 Å². The van der Waals surface area contributed by atoms with Gasteiger partial charge in [-0.1, -0.05) is 29.3 Å². The van der Waals surface area contributed by atoms with Gasteiger partial charge in [0.05, 0.1) is 6.54 Å². The summed E-state index contributed by atoms with van der Waals surface area (Å²) in [7, 11) is 0. The van der Waals surface area contributed by atoms with Crippen LogP contribution in [0.4, 0.5) is 11.4 Å². The van der Waals surface area contributed by atoms with Crippen molar-refractivity contribution in [1.82, 2.24) is 0 Å². The number of carbonyl (C=O) groups is 1. The Labute approximate surface area is 135 Å². The van der Waals surface area contributed by atoms with Crippen molar-refractivity contribution in [2.45, 2.75) is 19.8 Å². The molecule has 0 atom stereocenters. The topological polar surface area (TPSA) is 32.3 Å². The number of carbonyl (C=O) groups excluding carboxylic acids is 1. The van der Waals surface area contributed by atoms with Gasteiger partial charge in [-0.2, -0.15) is 0 Å². The number of rotatable bonds is 3. The number of nitrogens with zero attached hydrogens (tertiary/aromatic N) is 1. The number of hydrogen-bond donors (Lipinski definition) is 1. The van der Waals surface area contributed by atoms with Crippen molar-refractivity contribution in [2.75, 3.05) is 23.3 Å². The molecular formula is C18H19ClN2O. The summed E-state index contributed by atoms with van der Waals surface area (Å²) in [6, 6.07) is 13.6. The SMILES string of the molecule is Cc1ccc2c(c1)CCCN2CC(=O)Nc1ccc(Cl)cc1. The maximum absolute atomic E-state index is 12.3. The number of fused-ring (bicyclic) bond motifs is 1. The Kier molecular flexibility index (Phi) is 4.34. The number of aryl methyl sites for hydroxylation is 2. The first-order valence-electron chi connectivity index (χ1n) is 7.52. The van der Waals surface area contributed by atoms with E-state index in [0.29, 0.717) is 11.6 Å². The molecule has 0 saturated carbocycles. The lowest BCUT2D eigenvalue weighted by atomic mass is 9.99. The first-order chi connectivity index (χ1) is 10.6. The van der Waals surface area contributed by atoms with E-state index in [1.54, 1.807) is 12.1 Å². The molecule has 0 aliphatic carbocycles. The zero-order valence-corrected chi connectivity index (χ0v) is 13.4. The molecule has 2 aromatic rings. The van der Waals surface area contributed by atoms with Crippen LogP contribution in [0.3, 0.4) is 0 Å². The number of benzene rings is 2. The van der Waals surface area contributed by atoms with Crippen LogP contribution in [-0.2, 0) is 11.2 Å². The Morgan fingerprint density at radius 3 is 2.77 bits per heavy atom. The Hall–Kier alpha value is -2.00. The number of amides is 1. The maximum atomic E-state index is 12.3. The van der Waals surface area contributed by atoms with Crippen molar-refractivity contribution >= 4 is 28.9 Å². The molecular weight excluding hydrogens is 296 g/mol. The Bertz CT molecular complexity index is 682. The van der Waals surface area contributed by atoms with E-state index in [4.69, 9.17) is 11.6 Å². The highest BCUT2D eigenvalue weighted by Crippen LogP contribution is 2.27. The standard InChI is InChI=1S/C18H19ClN2O/c1-13-4-9-17-14(11-13)3-2-10-21(17)12-18(22)20-16-7-5-15(19)6-8-16/h4-9,11H,2-3,10,12H2,1H3,(H,20,22). The third-order valence-corrected chi connectivity index (χ3v) is 4.16. The van der Waals surface area contributed by atoms with Crippen molar-refractivity contribution in [3.63, 3.8) is 0 Å². The molecule has 22 heavy (non-hydrogen) atoms. The van der Waals surface area contributed by atoms with Crippen LogP contribution in [0, 0.1) is 6.92 Å². The van der Waals surface area contributed by atoms with Crippen molar-refractivity contribution in [1.29, 1.82) is 0 Å². The quantitative estimate of drug-likeness (QED) is 0.927. The average Bonchev–Trinajstić information content (AvgIpc) is 2.49. The Morgan fingerprint density at radius 1 is 1.23 bits per heavy atom. The Morgan fingerprint density at radius 2 is 2.00 bits per heavy atom. The van der Waals surface area contributed by atoms with Gasteiger partial charge in [0.15, 0.2) is 0 Å². The minimum absolute atomic E-state index is 0.00394. The number of halogens is 1. The van der Waals surface area contributed by atoms with Crippen LogP contribution in [0.5, 0.6) is 0 Å². The molecule has 1 heterocycles. The van der Waals surface area contributed by atoms with Gasteiger partial charge in [0, 0.05) is 22.9 Å². The van der Waals surface area contributed by atoms with E-state index in [-0.39, 0.29) is 5.91 Å². The van der Waals surface area contributed by atoms with E-state index in [1.807, 2.05) is 12.1 Å². The van der Waals surface area contributed by atoms with E-state index >= 15 is 0 Å². The third kappa shape index (κ3) is 3.42. The molecule has 0 radical (unpaired) electrons. The highest BCUT2D eigenvalue weighted by Gasteiger charge is 2.19. The van der Waals surface area contributed by atoms with Gasteiger partial charge in [-0.3, -0.25) is 4.79 Å². The van der Waals surface area contributed by atoms with Crippen molar-refractivity contribution in [3.05, 3.63) is 58.6 Å². The summed E-state index contributed by atoms with van der Waals surface area (Å²) in [5.41, 5.74) is 4.57. The van der Waals surface area contributed by atoms with Crippen LogP contribution >= 0.6 is 11.6 Å². The van der Waals surface area contributed by atoms with Crippen LogP contribution in [0.25, 0.3) is 0 Å². The third-order valence-electron chi connectivity index (χ3n) is 3.91. The van der Waals surface area contributed by atoms with Crippen molar-refractivity contribution < 1.29 is 4.79 Å². The monoisotopic (exact) mass is 314 g/mol. The Balaban J connectivity index is 1.69.